The number of halogens is 2. The normalized spacial score (nSPS) is 49.6. The molecule has 2 aliphatic carbocycles. The van der Waals surface area contributed by atoms with Gasteiger partial charge in [0.1, 0.15) is 0 Å². The van der Waals surface area contributed by atoms with Crippen LogP contribution in [0.4, 0.5) is 8.78 Å². The van der Waals surface area contributed by atoms with Gasteiger partial charge in [-0.2, -0.15) is 0 Å². The Kier molecular flexibility index (Phi) is 1.58. The molecule has 0 unspecified atom stereocenters. The molecule has 0 radical (unpaired) electrons. The highest BCUT2D eigenvalue weighted by atomic mass is 19.3. The van der Waals surface area contributed by atoms with Gasteiger partial charge in [-0.05, 0) is 49.9 Å². The van der Waals surface area contributed by atoms with E-state index in [9.17, 15) is 8.78 Å². The molecule has 0 bridgehead atoms. The second-order valence-electron chi connectivity index (χ2n) is 7.45. The van der Waals surface area contributed by atoms with E-state index in [2.05, 4.69) is 4.90 Å². The van der Waals surface area contributed by atoms with Crippen molar-refractivity contribution >= 4 is 0 Å². The molecule has 102 valence electrons. The van der Waals surface area contributed by atoms with Crippen LogP contribution in [-0.2, 0) is 0 Å². The van der Waals surface area contributed by atoms with E-state index in [-0.39, 0.29) is 17.8 Å². The molecule has 2 saturated carbocycles. The maximum absolute atomic E-state index is 13.9. The first-order valence-corrected chi connectivity index (χ1v) is 7.26. The van der Waals surface area contributed by atoms with Gasteiger partial charge in [-0.3, -0.25) is 4.90 Å². The number of hydrogen-bond acceptors (Lipinski definition) is 1. The molecule has 2 saturated heterocycles. The molecule has 2 spiro atoms. The minimum absolute atomic E-state index is 0.0110. The average Bonchev–Trinajstić information content (AvgIpc) is 3.11. The Bertz CT molecular complexity index is 474. The molecule has 0 N–H and O–H groups in total. The average molecular weight is 257 g/mol. The van der Waals surface area contributed by atoms with Gasteiger partial charge in [0, 0.05) is 21.2 Å². The maximum atomic E-state index is 13.9. The Hall–Kier alpha value is -0.180. The van der Waals surface area contributed by atoms with Crippen molar-refractivity contribution < 1.29 is 11.5 Å². The van der Waals surface area contributed by atoms with Gasteiger partial charge in [-0.1, -0.05) is 13.8 Å². The summed E-state index contributed by atoms with van der Waals surface area (Å²) < 4.78 is 45.2. The Morgan fingerprint density at radius 1 is 1.17 bits per heavy atom. The Morgan fingerprint density at radius 3 is 2.33 bits per heavy atom. The minimum Gasteiger partial charge on any atom is -0.296 e. The lowest BCUT2D eigenvalue weighted by Gasteiger charge is -2.39. The maximum Gasteiger partial charge on any atom is 0.255 e. The number of nitrogens with zero attached hydrogens (tertiary/aromatic N) is 1. The van der Waals surface area contributed by atoms with Crippen LogP contribution in [0.3, 0.4) is 0 Å². The zero-order chi connectivity index (χ0) is 14.6. The van der Waals surface area contributed by atoms with Crippen LogP contribution < -0.4 is 0 Å². The summed E-state index contributed by atoms with van der Waals surface area (Å²) >= 11 is 0. The van der Waals surface area contributed by atoms with Gasteiger partial charge in [-0.15, -0.1) is 0 Å². The van der Waals surface area contributed by atoms with E-state index in [1.807, 2.05) is 13.8 Å². The standard InChI is InChI=1S/C15H23F2N/c1-11(2)7-14-8-13(9-15(13,16)17)10-18(14)6-5-12(14)3-4-12/h11H,3-10H2,1-2H3/t13-,14+/m0/s1/i7D2. The van der Waals surface area contributed by atoms with E-state index >= 15 is 0 Å². The van der Waals surface area contributed by atoms with Gasteiger partial charge in [0.15, 0.2) is 0 Å². The SMILES string of the molecule is [2H]C([2H])(C(C)C)[C@]12C[C@@]3(CN1CCC21CC1)CC3(F)F. The van der Waals surface area contributed by atoms with Crippen LogP contribution in [0.15, 0.2) is 0 Å². The highest BCUT2D eigenvalue weighted by molar-refractivity contribution is 5.29. The summed E-state index contributed by atoms with van der Waals surface area (Å²) in [5.41, 5.74) is -1.55. The van der Waals surface area contributed by atoms with E-state index in [4.69, 9.17) is 2.74 Å². The molecule has 0 amide bonds. The van der Waals surface area contributed by atoms with Crippen LogP contribution >= 0.6 is 0 Å². The zero-order valence-electron chi connectivity index (χ0n) is 13.2. The number of hydrogen-bond donors (Lipinski definition) is 0. The first-order valence-electron chi connectivity index (χ1n) is 8.26. The molecule has 2 heterocycles. The number of rotatable bonds is 2. The molecule has 4 aliphatic rings. The monoisotopic (exact) mass is 257 g/mol. The smallest absolute Gasteiger partial charge is 0.255 e. The first-order chi connectivity index (χ1) is 9.13. The predicted molar refractivity (Wildman–Crippen MR) is 66.7 cm³/mol. The molecule has 0 aromatic rings. The van der Waals surface area contributed by atoms with Crippen LogP contribution in [0, 0.1) is 16.7 Å². The fourth-order valence-corrected chi connectivity index (χ4v) is 4.84. The highest BCUT2D eigenvalue weighted by Gasteiger charge is 2.81. The minimum atomic E-state index is -2.56. The van der Waals surface area contributed by atoms with Crippen molar-refractivity contribution in [3.63, 3.8) is 0 Å². The molecule has 1 nitrogen and oxygen atoms in total. The van der Waals surface area contributed by atoms with E-state index in [1.54, 1.807) is 0 Å². The third-order valence-electron chi connectivity index (χ3n) is 5.96. The predicted octanol–water partition coefficient (Wildman–Crippen LogP) is 3.69. The lowest BCUT2D eigenvalue weighted by atomic mass is 9.72. The fraction of sp³-hybridized carbons (Fsp3) is 1.00. The van der Waals surface area contributed by atoms with Crippen LogP contribution in [0.2, 0.25) is 0 Å². The van der Waals surface area contributed by atoms with Crippen molar-refractivity contribution in [2.45, 2.75) is 63.8 Å². The Balaban J connectivity index is 1.81. The van der Waals surface area contributed by atoms with Crippen LogP contribution in [0.1, 0.15) is 55.1 Å². The van der Waals surface area contributed by atoms with Crippen molar-refractivity contribution in [2.24, 2.45) is 16.7 Å². The second kappa shape index (κ2) is 2.94. The van der Waals surface area contributed by atoms with Gasteiger partial charge in [0.2, 0.25) is 0 Å². The van der Waals surface area contributed by atoms with Crippen LogP contribution in [-0.4, -0.2) is 29.5 Å². The number of alkyl halides is 2. The van der Waals surface area contributed by atoms with Crippen molar-refractivity contribution in [1.82, 2.24) is 4.90 Å². The van der Waals surface area contributed by atoms with E-state index in [1.165, 1.54) is 0 Å². The Morgan fingerprint density at radius 2 is 1.83 bits per heavy atom. The molecule has 3 heteroatoms. The molecule has 4 fully saturated rings. The quantitative estimate of drug-likeness (QED) is 0.729. The molecular formula is C15H23F2N. The second-order valence-corrected chi connectivity index (χ2v) is 7.45. The van der Waals surface area contributed by atoms with Gasteiger partial charge < -0.3 is 0 Å². The van der Waals surface area contributed by atoms with Crippen molar-refractivity contribution in [2.75, 3.05) is 13.1 Å². The topological polar surface area (TPSA) is 3.24 Å². The molecule has 2 aliphatic heterocycles. The van der Waals surface area contributed by atoms with E-state index in [0.717, 1.165) is 25.8 Å². The van der Waals surface area contributed by atoms with Crippen molar-refractivity contribution in [3.05, 3.63) is 0 Å². The van der Waals surface area contributed by atoms with E-state index < -0.39 is 23.2 Å². The summed E-state index contributed by atoms with van der Waals surface area (Å²) in [5, 5.41) is 0. The summed E-state index contributed by atoms with van der Waals surface area (Å²) in [7, 11) is 0. The molecule has 18 heavy (non-hydrogen) atoms. The summed E-state index contributed by atoms with van der Waals surface area (Å²) in [4.78, 5) is 2.13. The van der Waals surface area contributed by atoms with E-state index in [0.29, 0.717) is 13.0 Å². The summed E-state index contributed by atoms with van der Waals surface area (Å²) in [5.74, 6) is -2.70. The Labute approximate surface area is 111 Å². The molecular weight excluding hydrogens is 232 g/mol. The summed E-state index contributed by atoms with van der Waals surface area (Å²) in [6.45, 7) is 5.02. The third-order valence-corrected chi connectivity index (χ3v) is 5.96. The van der Waals surface area contributed by atoms with Crippen LogP contribution in [0.25, 0.3) is 0 Å². The van der Waals surface area contributed by atoms with Crippen molar-refractivity contribution in [3.8, 4) is 0 Å². The lowest BCUT2D eigenvalue weighted by Crippen LogP contribution is -2.45. The molecule has 2 atom stereocenters. The summed E-state index contributed by atoms with van der Waals surface area (Å²) in [6, 6.07) is 0. The fourth-order valence-electron chi connectivity index (χ4n) is 4.84. The van der Waals surface area contributed by atoms with Crippen LogP contribution in [0.5, 0.6) is 0 Å². The highest BCUT2D eigenvalue weighted by Crippen LogP contribution is 2.77. The van der Waals surface area contributed by atoms with Gasteiger partial charge in [0.05, 0.1) is 5.41 Å². The third kappa shape index (κ3) is 1.16. The van der Waals surface area contributed by atoms with Gasteiger partial charge in [-0.25, -0.2) is 8.78 Å². The first kappa shape index (κ1) is 9.68. The summed E-state index contributed by atoms with van der Waals surface area (Å²) in [6.07, 6.45) is 2.01. The lowest BCUT2D eigenvalue weighted by molar-refractivity contribution is 0.0629. The molecule has 0 aromatic carbocycles. The van der Waals surface area contributed by atoms with Crippen molar-refractivity contribution in [1.29, 1.82) is 0 Å². The molecule has 4 rings (SSSR count). The van der Waals surface area contributed by atoms with Gasteiger partial charge in [0.25, 0.3) is 5.92 Å². The zero-order valence-corrected chi connectivity index (χ0v) is 11.2. The number of fused-ring (bicyclic) bond motifs is 2. The van der Waals surface area contributed by atoms with Gasteiger partial charge >= 0.3 is 0 Å². The largest absolute Gasteiger partial charge is 0.296 e. The molecule has 0 aromatic heterocycles.